The maximum absolute atomic E-state index is 12.9. The molecule has 0 aromatic heterocycles. The van der Waals surface area contributed by atoms with E-state index in [0.29, 0.717) is 48.1 Å². The quantitative estimate of drug-likeness (QED) is 0.607. The van der Waals surface area contributed by atoms with Crippen LogP contribution in [0.1, 0.15) is 30.9 Å². The van der Waals surface area contributed by atoms with Crippen molar-refractivity contribution in [1.82, 2.24) is 9.62 Å². The highest BCUT2D eigenvalue weighted by Crippen LogP contribution is 2.26. The minimum atomic E-state index is -3.61. The molecule has 1 saturated heterocycles. The topological polar surface area (TPSA) is 75.7 Å². The summed E-state index contributed by atoms with van der Waals surface area (Å²) < 4.78 is 32.7. The molecule has 1 amide bonds. The van der Waals surface area contributed by atoms with Crippen molar-refractivity contribution in [3.8, 4) is 5.75 Å². The van der Waals surface area contributed by atoms with Crippen LogP contribution in [0, 0.1) is 5.92 Å². The van der Waals surface area contributed by atoms with Gasteiger partial charge in [0.1, 0.15) is 5.75 Å². The molecule has 9 heteroatoms. The van der Waals surface area contributed by atoms with Crippen LogP contribution in [-0.2, 0) is 27.1 Å². The molecule has 31 heavy (non-hydrogen) atoms. The Labute approximate surface area is 193 Å². The molecule has 1 aliphatic rings. The number of hydrogen-bond acceptors (Lipinski definition) is 4. The van der Waals surface area contributed by atoms with E-state index in [0.717, 1.165) is 11.3 Å². The van der Waals surface area contributed by atoms with Crippen molar-refractivity contribution in [3.63, 3.8) is 0 Å². The Hall–Kier alpha value is -1.80. The van der Waals surface area contributed by atoms with E-state index in [1.807, 2.05) is 31.2 Å². The van der Waals surface area contributed by atoms with Gasteiger partial charge in [-0.2, -0.15) is 0 Å². The second kappa shape index (κ2) is 10.7. The van der Waals surface area contributed by atoms with Crippen LogP contribution < -0.4 is 10.1 Å². The highest BCUT2D eigenvalue weighted by molar-refractivity contribution is 7.88. The van der Waals surface area contributed by atoms with E-state index in [-0.39, 0.29) is 24.1 Å². The monoisotopic (exact) mass is 484 g/mol. The van der Waals surface area contributed by atoms with E-state index in [1.165, 1.54) is 10.4 Å². The number of benzene rings is 2. The molecule has 1 heterocycles. The summed E-state index contributed by atoms with van der Waals surface area (Å²) in [6.45, 7) is 3.41. The molecular formula is C22H26Cl2N2O4S. The van der Waals surface area contributed by atoms with E-state index in [1.54, 1.807) is 12.1 Å². The molecule has 0 bridgehead atoms. The number of nitrogens with one attached hydrogen (secondary N) is 1. The van der Waals surface area contributed by atoms with Crippen LogP contribution in [0.4, 0.5) is 0 Å². The third kappa shape index (κ3) is 6.59. The van der Waals surface area contributed by atoms with Crippen LogP contribution >= 0.6 is 23.2 Å². The number of ether oxygens (including phenoxy) is 1. The average Bonchev–Trinajstić information content (AvgIpc) is 2.75. The van der Waals surface area contributed by atoms with E-state index in [4.69, 9.17) is 27.9 Å². The average molecular weight is 485 g/mol. The number of nitrogens with zero attached hydrogens (tertiary/aromatic N) is 1. The second-order valence-electron chi connectivity index (χ2n) is 7.49. The molecule has 1 atom stereocenters. The fourth-order valence-electron chi connectivity index (χ4n) is 3.58. The van der Waals surface area contributed by atoms with Crippen molar-refractivity contribution in [1.29, 1.82) is 0 Å². The van der Waals surface area contributed by atoms with Gasteiger partial charge < -0.3 is 10.1 Å². The van der Waals surface area contributed by atoms with Crippen LogP contribution in [0.15, 0.2) is 42.5 Å². The van der Waals surface area contributed by atoms with Crippen molar-refractivity contribution in [2.45, 2.75) is 32.1 Å². The number of carbonyl (C=O) groups excluding carboxylic acids is 1. The molecule has 1 fully saturated rings. The Morgan fingerprint density at radius 1 is 1.23 bits per heavy atom. The van der Waals surface area contributed by atoms with Gasteiger partial charge in [-0.1, -0.05) is 41.4 Å². The van der Waals surface area contributed by atoms with E-state index in [9.17, 15) is 13.2 Å². The zero-order valence-electron chi connectivity index (χ0n) is 17.3. The largest absolute Gasteiger partial charge is 0.494 e. The number of rotatable bonds is 8. The summed E-state index contributed by atoms with van der Waals surface area (Å²) in [5, 5.41) is 3.69. The molecule has 168 valence electrons. The van der Waals surface area contributed by atoms with Crippen molar-refractivity contribution in [3.05, 3.63) is 63.6 Å². The lowest BCUT2D eigenvalue weighted by molar-refractivity contribution is -0.126. The molecule has 1 N–H and O–H groups in total. The summed E-state index contributed by atoms with van der Waals surface area (Å²) in [4.78, 5) is 12.7. The van der Waals surface area contributed by atoms with Gasteiger partial charge in [0, 0.05) is 29.7 Å². The Morgan fingerprint density at radius 3 is 2.77 bits per heavy atom. The molecule has 0 radical (unpaired) electrons. The predicted octanol–water partition coefficient (Wildman–Crippen LogP) is 4.25. The van der Waals surface area contributed by atoms with Gasteiger partial charge in [0.25, 0.3) is 0 Å². The molecule has 0 saturated carbocycles. The first-order chi connectivity index (χ1) is 14.8. The lowest BCUT2D eigenvalue weighted by Crippen LogP contribution is -2.45. The number of amides is 1. The summed E-state index contributed by atoms with van der Waals surface area (Å²) in [5.41, 5.74) is 1.42. The summed E-state index contributed by atoms with van der Waals surface area (Å²) in [5.74, 6) is -0.00255. The zero-order chi connectivity index (χ0) is 22.4. The van der Waals surface area contributed by atoms with Crippen LogP contribution in [0.2, 0.25) is 10.0 Å². The Bertz CT molecular complexity index is 1030. The fourth-order valence-corrected chi connectivity index (χ4v) is 5.78. The molecule has 1 aliphatic heterocycles. The highest BCUT2D eigenvalue weighted by Gasteiger charge is 2.32. The maximum Gasteiger partial charge on any atom is 0.224 e. The maximum atomic E-state index is 12.9. The van der Waals surface area contributed by atoms with Gasteiger partial charge in [-0.15, -0.1) is 0 Å². The van der Waals surface area contributed by atoms with Crippen molar-refractivity contribution >= 4 is 39.1 Å². The summed E-state index contributed by atoms with van der Waals surface area (Å²) in [6, 6.07) is 12.3. The third-order valence-electron chi connectivity index (χ3n) is 5.18. The second-order valence-corrected chi connectivity index (χ2v) is 10.3. The van der Waals surface area contributed by atoms with E-state index in [2.05, 4.69) is 5.32 Å². The van der Waals surface area contributed by atoms with Gasteiger partial charge in [0.05, 0.1) is 18.3 Å². The Balaban J connectivity index is 1.60. The van der Waals surface area contributed by atoms with Crippen LogP contribution in [0.25, 0.3) is 0 Å². The minimum Gasteiger partial charge on any atom is -0.494 e. The summed E-state index contributed by atoms with van der Waals surface area (Å²) in [6.07, 6.45) is 1.28. The van der Waals surface area contributed by atoms with Crippen molar-refractivity contribution < 1.29 is 17.9 Å². The minimum absolute atomic E-state index is 0.147. The lowest BCUT2D eigenvalue weighted by atomic mass is 9.99. The molecule has 0 aliphatic carbocycles. The van der Waals surface area contributed by atoms with Crippen LogP contribution in [0.3, 0.4) is 0 Å². The van der Waals surface area contributed by atoms with Gasteiger partial charge >= 0.3 is 0 Å². The molecular weight excluding hydrogens is 459 g/mol. The van der Waals surface area contributed by atoms with Gasteiger partial charge in [0.2, 0.25) is 15.9 Å². The van der Waals surface area contributed by atoms with Gasteiger partial charge in [-0.05, 0) is 55.2 Å². The normalized spacial score (nSPS) is 17.3. The van der Waals surface area contributed by atoms with Gasteiger partial charge in [0.15, 0.2) is 0 Å². The van der Waals surface area contributed by atoms with E-state index >= 15 is 0 Å². The number of hydrogen-bond donors (Lipinski definition) is 1. The fraction of sp³-hybridized carbons (Fsp3) is 0.409. The summed E-state index contributed by atoms with van der Waals surface area (Å²) in [7, 11) is -3.61. The highest BCUT2D eigenvalue weighted by atomic mass is 35.5. The SMILES string of the molecule is CCOc1cccc(CNC(=O)[C@@H]2CCCN(S(=O)(=O)Cc3ccc(Cl)cc3Cl)C2)c1. The smallest absolute Gasteiger partial charge is 0.224 e. The Morgan fingerprint density at radius 2 is 2.03 bits per heavy atom. The van der Waals surface area contributed by atoms with Gasteiger partial charge in [-0.3, -0.25) is 4.79 Å². The standard InChI is InChI=1S/C22H26Cl2N2O4S/c1-2-30-20-7-3-5-16(11-20)13-25-22(27)17-6-4-10-26(14-17)31(28,29)15-18-8-9-19(23)12-21(18)24/h3,5,7-9,11-12,17H,2,4,6,10,13-15H2,1H3,(H,25,27)/t17-/m1/s1. The summed E-state index contributed by atoms with van der Waals surface area (Å²) >= 11 is 12.0. The first-order valence-electron chi connectivity index (χ1n) is 10.2. The van der Waals surface area contributed by atoms with Crippen LogP contribution in [-0.4, -0.2) is 38.3 Å². The lowest BCUT2D eigenvalue weighted by Gasteiger charge is -2.31. The molecule has 0 spiro atoms. The van der Waals surface area contributed by atoms with Crippen molar-refractivity contribution in [2.75, 3.05) is 19.7 Å². The first kappa shape index (κ1) is 23.9. The number of carbonyl (C=O) groups is 1. The van der Waals surface area contributed by atoms with Crippen molar-refractivity contribution in [2.24, 2.45) is 5.92 Å². The predicted molar refractivity (Wildman–Crippen MR) is 123 cm³/mol. The number of piperidine rings is 1. The molecule has 2 aromatic carbocycles. The molecule has 6 nitrogen and oxygen atoms in total. The molecule has 3 rings (SSSR count). The Kier molecular flexibility index (Phi) is 8.22. The molecule has 2 aromatic rings. The zero-order valence-corrected chi connectivity index (χ0v) is 19.6. The first-order valence-corrected chi connectivity index (χ1v) is 12.6. The number of sulfonamides is 1. The van der Waals surface area contributed by atoms with Crippen LogP contribution in [0.5, 0.6) is 5.75 Å². The molecule has 0 unspecified atom stereocenters. The van der Waals surface area contributed by atoms with E-state index < -0.39 is 10.0 Å². The number of halogens is 2. The third-order valence-corrected chi connectivity index (χ3v) is 7.56. The van der Waals surface area contributed by atoms with Gasteiger partial charge in [-0.25, -0.2) is 12.7 Å².